The summed E-state index contributed by atoms with van der Waals surface area (Å²) in [4.78, 5) is 13.8. The molecule has 5 nitrogen and oxygen atoms in total. The molecule has 5 heteroatoms. The summed E-state index contributed by atoms with van der Waals surface area (Å²) < 4.78 is 5.24. The predicted octanol–water partition coefficient (Wildman–Crippen LogP) is 0.853. The van der Waals surface area contributed by atoms with Gasteiger partial charge in [-0.3, -0.25) is 4.79 Å². The molecule has 0 heterocycles. The molecule has 0 atom stereocenters. The van der Waals surface area contributed by atoms with Crippen LogP contribution in [0.1, 0.15) is 12.0 Å². The lowest BCUT2D eigenvalue weighted by molar-refractivity contribution is -0.121. The van der Waals surface area contributed by atoms with Gasteiger partial charge in [0.25, 0.3) is 0 Å². The highest BCUT2D eigenvalue weighted by Crippen LogP contribution is 2.16. The fourth-order valence-corrected chi connectivity index (χ4v) is 1.76. The zero-order valence-corrected chi connectivity index (χ0v) is 12.6. The van der Waals surface area contributed by atoms with Crippen LogP contribution in [0.5, 0.6) is 5.75 Å². The van der Waals surface area contributed by atoms with E-state index in [2.05, 4.69) is 15.5 Å². The second kappa shape index (κ2) is 9.34. The van der Waals surface area contributed by atoms with Crippen molar-refractivity contribution >= 4 is 5.91 Å². The second-order valence-corrected chi connectivity index (χ2v) is 4.89. The molecule has 0 aliphatic heterocycles. The third-order valence-electron chi connectivity index (χ3n) is 2.93. The van der Waals surface area contributed by atoms with Crippen molar-refractivity contribution in [3.05, 3.63) is 29.8 Å². The number of methoxy groups -OCH3 is 1. The predicted molar refractivity (Wildman–Crippen MR) is 80.9 cm³/mol. The molecule has 0 saturated heterocycles. The summed E-state index contributed by atoms with van der Waals surface area (Å²) in [6.45, 7) is 3.07. The maximum atomic E-state index is 11.7. The van der Waals surface area contributed by atoms with Crippen LogP contribution in [0.15, 0.2) is 24.3 Å². The van der Waals surface area contributed by atoms with Gasteiger partial charge in [0.15, 0.2) is 0 Å². The lowest BCUT2D eigenvalue weighted by atomic mass is 10.2. The molecule has 0 unspecified atom stereocenters. The summed E-state index contributed by atoms with van der Waals surface area (Å²) in [6, 6.07) is 7.70. The first-order valence-corrected chi connectivity index (χ1v) is 6.87. The van der Waals surface area contributed by atoms with Crippen LogP contribution in [0.4, 0.5) is 0 Å². The minimum Gasteiger partial charge on any atom is -0.496 e. The molecule has 0 fully saturated rings. The third kappa shape index (κ3) is 6.54. The second-order valence-electron chi connectivity index (χ2n) is 4.89. The highest BCUT2D eigenvalue weighted by molar-refractivity contribution is 5.76. The van der Waals surface area contributed by atoms with E-state index in [9.17, 15) is 4.79 Å². The lowest BCUT2D eigenvalue weighted by Gasteiger charge is -2.11. The molecule has 0 aromatic heterocycles. The van der Waals surface area contributed by atoms with Gasteiger partial charge in [-0.15, -0.1) is 0 Å². The minimum atomic E-state index is 0.0493. The first-order valence-electron chi connectivity index (χ1n) is 6.87. The molecule has 20 heavy (non-hydrogen) atoms. The van der Waals surface area contributed by atoms with Crippen molar-refractivity contribution in [1.29, 1.82) is 0 Å². The zero-order chi connectivity index (χ0) is 14.8. The minimum absolute atomic E-state index is 0.0493. The van der Waals surface area contributed by atoms with Crippen LogP contribution in [0, 0.1) is 0 Å². The summed E-state index contributed by atoms with van der Waals surface area (Å²) in [6.07, 6.45) is 0.489. The van der Waals surface area contributed by atoms with Gasteiger partial charge in [0.2, 0.25) is 5.91 Å². The monoisotopic (exact) mass is 279 g/mol. The Morgan fingerprint density at radius 2 is 2.00 bits per heavy atom. The third-order valence-corrected chi connectivity index (χ3v) is 2.93. The van der Waals surface area contributed by atoms with Gasteiger partial charge in [0.1, 0.15) is 5.75 Å². The molecule has 0 bridgehead atoms. The molecule has 1 aromatic rings. The van der Waals surface area contributed by atoms with Crippen molar-refractivity contribution in [2.45, 2.75) is 13.0 Å². The number of carbonyl (C=O) groups is 1. The molecule has 0 aliphatic carbocycles. The highest BCUT2D eigenvalue weighted by Gasteiger charge is 2.04. The number of hydrogen-bond acceptors (Lipinski definition) is 4. The van der Waals surface area contributed by atoms with Crippen LogP contribution in [-0.2, 0) is 11.3 Å². The van der Waals surface area contributed by atoms with Crippen LogP contribution >= 0.6 is 0 Å². The van der Waals surface area contributed by atoms with Crippen LogP contribution in [0.25, 0.3) is 0 Å². The van der Waals surface area contributed by atoms with E-state index < -0.39 is 0 Å². The van der Waals surface area contributed by atoms with E-state index in [1.165, 1.54) is 0 Å². The fourth-order valence-electron chi connectivity index (χ4n) is 1.76. The molecule has 0 aliphatic rings. The van der Waals surface area contributed by atoms with Crippen LogP contribution in [0.3, 0.4) is 0 Å². The van der Waals surface area contributed by atoms with Gasteiger partial charge in [-0.2, -0.15) is 0 Å². The Morgan fingerprint density at radius 1 is 1.25 bits per heavy atom. The molecule has 2 N–H and O–H groups in total. The maximum absolute atomic E-state index is 11.7. The van der Waals surface area contributed by atoms with E-state index >= 15 is 0 Å². The highest BCUT2D eigenvalue weighted by atomic mass is 16.5. The van der Waals surface area contributed by atoms with Gasteiger partial charge in [-0.05, 0) is 20.2 Å². The van der Waals surface area contributed by atoms with E-state index in [1.807, 2.05) is 38.4 Å². The standard InChI is InChI=1S/C15H25N3O2/c1-18(2)11-10-16-9-8-15(19)17-12-13-6-4-5-7-14(13)20-3/h4-7,16H,8-12H2,1-3H3,(H,17,19). The number of para-hydroxylation sites is 1. The normalized spacial score (nSPS) is 10.6. The molecule has 1 aromatic carbocycles. The molecule has 0 saturated carbocycles. The van der Waals surface area contributed by atoms with Crippen molar-refractivity contribution < 1.29 is 9.53 Å². The van der Waals surface area contributed by atoms with E-state index in [0.29, 0.717) is 19.5 Å². The fraction of sp³-hybridized carbons (Fsp3) is 0.533. The largest absolute Gasteiger partial charge is 0.496 e. The number of likely N-dealkylation sites (N-methyl/N-ethyl adjacent to an activating group) is 1. The van der Waals surface area contributed by atoms with Crippen molar-refractivity contribution in [2.24, 2.45) is 0 Å². The quantitative estimate of drug-likeness (QED) is 0.658. The van der Waals surface area contributed by atoms with Crippen LogP contribution in [-0.4, -0.2) is 51.6 Å². The van der Waals surface area contributed by atoms with Crippen molar-refractivity contribution in [3.63, 3.8) is 0 Å². The number of nitrogens with one attached hydrogen (secondary N) is 2. The summed E-state index contributed by atoms with van der Waals surface area (Å²) in [5, 5.41) is 6.15. The van der Waals surface area contributed by atoms with Crippen molar-refractivity contribution in [1.82, 2.24) is 15.5 Å². The van der Waals surface area contributed by atoms with Gasteiger partial charge in [0.05, 0.1) is 7.11 Å². The molecule has 0 radical (unpaired) electrons. The van der Waals surface area contributed by atoms with Crippen LogP contribution in [0.2, 0.25) is 0 Å². The van der Waals surface area contributed by atoms with Crippen molar-refractivity contribution in [2.75, 3.05) is 40.8 Å². The number of nitrogens with zero attached hydrogens (tertiary/aromatic N) is 1. The Kier molecular flexibility index (Phi) is 7.69. The molecular formula is C15H25N3O2. The summed E-state index contributed by atoms with van der Waals surface area (Å²) in [5.41, 5.74) is 0.990. The number of ether oxygens (including phenoxy) is 1. The Bertz CT molecular complexity index is 408. The SMILES string of the molecule is COc1ccccc1CNC(=O)CCNCCN(C)C. The number of hydrogen-bond donors (Lipinski definition) is 2. The average molecular weight is 279 g/mol. The topological polar surface area (TPSA) is 53.6 Å². The average Bonchev–Trinajstić information content (AvgIpc) is 2.44. The van der Waals surface area contributed by atoms with Crippen LogP contribution < -0.4 is 15.4 Å². The lowest BCUT2D eigenvalue weighted by Crippen LogP contribution is -2.31. The maximum Gasteiger partial charge on any atom is 0.221 e. The summed E-state index contributed by atoms with van der Waals surface area (Å²) in [7, 11) is 5.69. The van der Waals surface area contributed by atoms with Gasteiger partial charge in [-0.1, -0.05) is 18.2 Å². The first-order chi connectivity index (χ1) is 9.63. The number of rotatable bonds is 9. The van der Waals surface area contributed by atoms with Gasteiger partial charge < -0.3 is 20.3 Å². The molecule has 0 spiro atoms. The summed E-state index contributed by atoms with van der Waals surface area (Å²) >= 11 is 0. The Balaban J connectivity index is 2.19. The Labute approximate surface area is 121 Å². The van der Waals surface area contributed by atoms with E-state index in [1.54, 1.807) is 7.11 Å². The van der Waals surface area contributed by atoms with E-state index in [0.717, 1.165) is 24.4 Å². The first kappa shape index (κ1) is 16.5. The van der Waals surface area contributed by atoms with E-state index in [4.69, 9.17) is 4.74 Å². The number of carbonyl (C=O) groups excluding carboxylic acids is 1. The molecule has 1 rings (SSSR count). The Morgan fingerprint density at radius 3 is 2.70 bits per heavy atom. The summed E-state index contributed by atoms with van der Waals surface area (Å²) in [5.74, 6) is 0.852. The van der Waals surface area contributed by atoms with E-state index in [-0.39, 0.29) is 5.91 Å². The smallest absolute Gasteiger partial charge is 0.221 e. The Hall–Kier alpha value is -1.59. The number of amides is 1. The van der Waals surface area contributed by atoms with Gasteiger partial charge in [-0.25, -0.2) is 0 Å². The van der Waals surface area contributed by atoms with Crippen molar-refractivity contribution in [3.8, 4) is 5.75 Å². The van der Waals surface area contributed by atoms with Gasteiger partial charge >= 0.3 is 0 Å². The molecule has 112 valence electrons. The molecule has 1 amide bonds. The number of benzene rings is 1. The molecular weight excluding hydrogens is 254 g/mol. The zero-order valence-electron chi connectivity index (χ0n) is 12.6. The van der Waals surface area contributed by atoms with Gasteiger partial charge in [0, 0.05) is 38.2 Å².